The van der Waals surface area contributed by atoms with Gasteiger partial charge in [-0.05, 0) is 32.0 Å². The van der Waals surface area contributed by atoms with Crippen molar-refractivity contribution in [2.24, 2.45) is 0 Å². The maximum atomic E-state index is 13.6. The average Bonchev–Trinajstić information content (AvgIpc) is 2.17. The van der Waals surface area contributed by atoms with Crippen molar-refractivity contribution in [2.45, 2.75) is 25.6 Å². The molecule has 1 aliphatic rings. The number of aliphatic hydroxyl groups is 1. The largest absolute Gasteiger partial charge is 0.491 e. The van der Waals surface area contributed by atoms with Crippen LogP contribution in [-0.2, 0) is 10.3 Å². The zero-order chi connectivity index (χ0) is 11.8. The van der Waals surface area contributed by atoms with E-state index in [9.17, 15) is 9.50 Å². The van der Waals surface area contributed by atoms with Gasteiger partial charge in [-0.25, -0.2) is 4.39 Å². The second-order valence-corrected chi connectivity index (χ2v) is 4.33. The van der Waals surface area contributed by atoms with E-state index in [2.05, 4.69) is 0 Å². The van der Waals surface area contributed by atoms with E-state index in [-0.39, 0.29) is 24.9 Å². The fourth-order valence-corrected chi connectivity index (χ4v) is 1.66. The first-order valence-corrected chi connectivity index (χ1v) is 5.28. The summed E-state index contributed by atoms with van der Waals surface area (Å²) < 4.78 is 23.9. The molecule has 0 spiro atoms. The molecule has 0 bridgehead atoms. The Morgan fingerprint density at radius 1 is 1.44 bits per heavy atom. The summed E-state index contributed by atoms with van der Waals surface area (Å²) in [6.45, 7) is 4.05. The van der Waals surface area contributed by atoms with Crippen molar-refractivity contribution in [3.8, 4) is 5.75 Å². The van der Waals surface area contributed by atoms with Crippen LogP contribution in [0.15, 0.2) is 18.2 Å². The van der Waals surface area contributed by atoms with Crippen molar-refractivity contribution in [3.63, 3.8) is 0 Å². The fraction of sp³-hybridized carbons (Fsp3) is 0.500. The lowest BCUT2D eigenvalue weighted by Gasteiger charge is -2.37. The second-order valence-electron chi connectivity index (χ2n) is 4.33. The molecule has 1 aromatic rings. The molecule has 0 saturated carbocycles. The Kier molecular flexibility index (Phi) is 2.86. The van der Waals surface area contributed by atoms with E-state index in [1.807, 2.05) is 13.8 Å². The van der Waals surface area contributed by atoms with Gasteiger partial charge in [0.2, 0.25) is 0 Å². The van der Waals surface area contributed by atoms with Gasteiger partial charge in [0.25, 0.3) is 0 Å². The molecule has 0 unspecified atom stereocenters. The fourth-order valence-electron chi connectivity index (χ4n) is 1.66. The molecule has 2 rings (SSSR count). The van der Waals surface area contributed by atoms with Gasteiger partial charge >= 0.3 is 0 Å². The van der Waals surface area contributed by atoms with Crippen molar-refractivity contribution in [3.05, 3.63) is 29.6 Å². The zero-order valence-corrected chi connectivity index (χ0v) is 9.37. The van der Waals surface area contributed by atoms with Crippen molar-refractivity contribution >= 4 is 0 Å². The van der Waals surface area contributed by atoms with Gasteiger partial charge in [0.1, 0.15) is 17.2 Å². The number of halogens is 1. The summed E-state index contributed by atoms with van der Waals surface area (Å²) in [5.74, 6) is 0.133. The van der Waals surface area contributed by atoms with Crippen LogP contribution in [0.4, 0.5) is 4.39 Å². The van der Waals surface area contributed by atoms with Crippen molar-refractivity contribution in [1.82, 2.24) is 0 Å². The standard InChI is InChI=1S/C12H15FO3/c1-8(2)16-9-3-4-11(13)10(5-9)12(14)6-15-7-12/h3-5,8,14H,6-7H2,1-2H3. The van der Waals surface area contributed by atoms with E-state index in [0.717, 1.165) is 0 Å². The summed E-state index contributed by atoms with van der Waals surface area (Å²) in [6.07, 6.45) is 0.0191. The van der Waals surface area contributed by atoms with Crippen molar-refractivity contribution < 1.29 is 19.0 Å². The summed E-state index contributed by atoms with van der Waals surface area (Å²) in [5, 5.41) is 10.0. The van der Waals surface area contributed by atoms with E-state index >= 15 is 0 Å². The minimum Gasteiger partial charge on any atom is -0.491 e. The van der Waals surface area contributed by atoms with Gasteiger partial charge in [0, 0.05) is 5.56 Å². The second kappa shape index (κ2) is 4.03. The molecule has 1 fully saturated rings. The molecule has 3 nitrogen and oxygen atoms in total. The number of hydrogen-bond acceptors (Lipinski definition) is 3. The molecule has 88 valence electrons. The van der Waals surface area contributed by atoms with Crippen LogP contribution in [0.2, 0.25) is 0 Å². The molecule has 0 aromatic heterocycles. The monoisotopic (exact) mass is 226 g/mol. The summed E-state index contributed by atoms with van der Waals surface area (Å²) in [7, 11) is 0. The van der Waals surface area contributed by atoms with Crippen LogP contribution in [-0.4, -0.2) is 24.4 Å². The Hall–Kier alpha value is -1.13. The van der Waals surface area contributed by atoms with Gasteiger partial charge in [-0.1, -0.05) is 0 Å². The highest BCUT2D eigenvalue weighted by atomic mass is 19.1. The van der Waals surface area contributed by atoms with Crippen LogP contribution in [0.3, 0.4) is 0 Å². The third-order valence-corrected chi connectivity index (χ3v) is 2.49. The molecule has 0 atom stereocenters. The van der Waals surface area contributed by atoms with Gasteiger partial charge in [0.15, 0.2) is 0 Å². The molecule has 1 aromatic carbocycles. The van der Waals surface area contributed by atoms with Gasteiger partial charge in [-0.15, -0.1) is 0 Å². The average molecular weight is 226 g/mol. The maximum absolute atomic E-state index is 13.6. The Morgan fingerprint density at radius 2 is 2.12 bits per heavy atom. The Labute approximate surface area is 93.8 Å². The van der Waals surface area contributed by atoms with Crippen molar-refractivity contribution in [2.75, 3.05) is 13.2 Å². The number of ether oxygens (including phenoxy) is 2. The minimum absolute atomic E-state index is 0.0191. The maximum Gasteiger partial charge on any atom is 0.139 e. The zero-order valence-electron chi connectivity index (χ0n) is 9.37. The summed E-state index contributed by atoms with van der Waals surface area (Å²) in [6, 6.07) is 4.41. The Balaban J connectivity index is 2.29. The molecule has 4 heteroatoms. The van der Waals surface area contributed by atoms with E-state index < -0.39 is 11.4 Å². The van der Waals surface area contributed by atoms with Crippen LogP contribution in [0.1, 0.15) is 19.4 Å². The van der Waals surface area contributed by atoms with Crippen LogP contribution in [0.5, 0.6) is 5.75 Å². The van der Waals surface area contributed by atoms with Crippen LogP contribution < -0.4 is 4.74 Å². The highest BCUT2D eigenvalue weighted by Gasteiger charge is 2.40. The van der Waals surface area contributed by atoms with E-state index in [4.69, 9.17) is 9.47 Å². The lowest BCUT2D eigenvalue weighted by atomic mass is 9.91. The number of rotatable bonds is 3. The van der Waals surface area contributed by atoms with E-state index in [1.54, 1.807) is 6.07 Å². The first-order valence-electron chi connectivity index (χ1n) is 5.28. The molecule has 16 heavy (non-hydrogen) atoms. The third-order valence-electron chi connectivity index (χ3n) is 2.49. The molecule has 1 saturated heterocycles. The first kappa shape index (κ1) is 11.4. The molecule has 0 aliphatic carbocycles. The molecule has 0 amide bonds. The summed E-state index contributed by atoms with van der Waals surface area (Å²) in [5.41, 5.74) is -0.947. The molecule has 1 heterocycles. The van der Waals surface area contributed by atoms with Crippen LogP contribution in [0.25, 0.3) is 0 Å². The topological polar surface area (TPSA) is 38.7 Å². The number of benzene rings is 1. The molecule has 0 radical (unpaired) electrons. The Morgan fingerprint density at radius 3 is 2.62 bits per heavy atom. The highest BCUT2D eigenvalue weighted by molar-refractivity contribution is 5.35. The molecule has 1 N–H and O–H groups in total. The normalized spacial score (nSPS) is 18.3. The van der Waals surface area contributed by atoms with Crippen molar-refractivity contribution in [1.29, 1.82) is 0 Å². The number of hydrogen-bond donors (Lipinski definition) is 1. The lowest BCUT2D eigenvalue weighted by molar-refractivity contribution is -0.186. The minimum atomic E-state index is -1.19. The van der Waals surface area contributed by atoms with Gasteiger partial charge < -0.3 is 14.6 Å². The van der Waals surface area contributed by atoms with Gasteiger partial charge in [-0.3, -0.25) is 0 Å². The SMILES string of the molecule is CC(C)Oc1ccc(F)c(C2(O)COC2)c1. The predicted molar refractivity (Wildman–Crippen MR) is 56.9 cm³/mol. The first-order chi connectivity index (χ1) is 7.51. The van der Waals surface area contributed by atoms with E-state index in [0.29, 0.717) is 5.75 Å². The predicted octanol–water partition coefficient (Wildman–Crippen LogP) is 1.83. The third kappa shape index (κ3) is 2.03. The molecular formula is C12H15FO3. The van der Waals surface area contributed by atoms with Gasteiger partial charge in [0.05, 0.1) is 19.3 Å². The van der Waals surface area contributed by atoms with Crippen LogP contribution in [0, 0.1) is 5.82 Å². The summed E-state index contributed by atoms with van der Waals surface area (Å²) in [4.78, 5) is 0. The molecular weight excluding hydrogens is 211 g/mol. The molecule has 1 aliphatic heterocycles. The quantitative estimate of drug-likeness (QED) is 0.854. The highest BCUT2D eigenvalue weighted by Crippen LogP contribution is 2.33. The van der Waals surface area contributed by atoms with E-state index in [1.165, 1.54) is 12.1 Å². The Bertz CT molecular complexity index is 386. The smallest absolute Gasteiger partial charge is 0.139 e. The van der Waals surface area contributed by atoms with Gasteiger partial charge in [-0.2, -0.15) is 0 Å². The van der Waals surface area contributed by atoms with Crippen LogP contribution >= 0.6 is 0 Å². The summed E-state index contributed by atoms with van der Waals surface area (Å²) >= 11 is 0. The lowest BCUT2D eigenvalue weighted by Crippen LogP contribution is -2.47.